The molecule has 0 amide bonds. The van der Waals surface area contributed by atoms with Crippen molar-refractivity contribution in [3.63, 3.8) is 0 Å². The zero-order valence-corrected chi connectivity index (χ0v) is 11.0. The van der Waals surface area contributed by atoms with E-state index in [0.717, 1.165) is 39.1 Å². The van der Waals surface area contributed by atoms with Crippen molar-refractivity contribution in [1.82, 2.24) is 15.1 Å². The predicted octanol–water partition coefficient (Wildman–Crippen LogP) is -0.0156. The van der Waals surface area contributed by atoms with E-state index in [9.17, 15) is 5.11 Å². The second-order valence-electron chi connectivity index (χ2n) is 5.46. The molecule has 1 heterocycles. The first kappa shape index (κ1) is 13.9. The summed E-state index contributed by atoms with van der Waals surface area (Å²) in [7, 11) is 2.13. The van der Waals surface area contributed by atoms with Gasteiger partial charge in [-0.3, -0.25) is 4.90 Å². The van der Waals surface area contributed by atoms with E-state index in [-0.39, 0.29) is 0 Å². The van der Waals surface area contributed by atoms with Crippen LogP contribution in [0, 0.1) is 0 Å². The van der Waals surface area contributed by atoms with Crippen LogP contribution in [0.1, 0.15) is 20.3 Å². The molecule has 0 aromatic rings. The fourth-order valence-electron chi connectivity index (χ4n) is 1.82. The number of hydrogen-bond donors (Lipinski definition) is 2. The maximum atomic E-state index is 9.64. The van der Waals surface area contributed by atoms with Crippen molar-refractivity contribution in [1.29, 1.82) is 0 Å². The molecule has 1 aliphatic rings. The Bertz CT molecular complexity index is 185. The minimum absolute atomic E-state index is 0.538. The predicted molar refractivity (Wildman–Crippen MR) is 67.7 cm³/mol. The van der Waals surface area contributed by atoms with Gasteiger partial charge in [-0.05, 0) is 27.3 Å². The quantitative estimate of drug-likeness (QED) is 0.672. The number of piperazine rings is 1. The summed E-state index contributed by atoms with van der Waals surface area (Å²) in [5.74, 6) is 0. The van der Waals surface area contributed by atoms with Crippen LogP contribution in [0.3, 0.4) is 0 Å². The normalized spacial score (nSPS) is 19.3. The highest BCUT2D eigenvalue weighted by Crippen LogP contribution is 2.07. The molecule has 0 aliphatic carbocycles. The third kappa shape index (κ3) is 6.43. The van der Waals surface area contributed by atoms with Gasteiger partial charge in [-0.2, -0.15) is 0 Å². The molecule has 16 heavy (non-hydrogen) atoms. The Labute approximate surface area is 99.6 Å². The average molecular weight is 229 g/mol. The molecule has 0 aromatic heterocycles. The summed E-state index contributed by atoms with van der Waals surface area (Å²) in [6.45, 7) is 11.5. The lowest BCUT2D eigenvalue weighted by atomic mass is 10.1. The Morgan fingerprint density at radius 2 is 1.88 bits per heavy atom. The Hall–Kier alpha value is -0.160. The monoisotopic (exact) mass is 229 g/mol. The molecule has 0 aromatic carbocycles. The second-order valence-corrected chi connectivity index (χ2v) is 5.46. The number of rotatable bonds is 6. The van der Waals surface area contributed by atoms with E-state index in [1.807, 2.05) is 13.8 Å². The molecule has 0 saturated carbocycles. The van der Waals surface area contributed by atoms with Crippen molar-refractivity contribution < 1.29 is 5.11 Å². The molecule has 1 rings (SSSR count). The van der Waals surface area contributed by atoms with Crippen LogP contribution < -0.4 is 5.32 Å². The van der Waals surface area contributed by atoms with Gasteiger partial charge in [0, 0.05) is 45.8 Å². The zero-order chi connectivity index (χ0) is 12.0. The van der Waals surface area contributed by atoms with Crippen molar-refractivity contribution in [3.8, 4) is 0 Å². The van der Waals surface area contributed by atoms with E-state index in [4.69, 9.17) is 0 Å². The molecule has 4 heteroatoms. The van der Waals surface area contributed by atoms with E-state index in [1.165, 1.54) is 13.1 Å². The maximum absolute atomic E-state index is 9.64. The van der Waals surface area contributed by atoms with Crippen LogP contribution in [0.2, 0.25) is 0 Å². The van der Waals surface area contributed by atoms with Gasteiger partial charge < -0.3 is 15.3 Å². The number of nitrogens with zero attached hydrogens (tertiary/aromatic N) is 2. The molecular formula is C12H27N3O. The molecule has 1 fully saturated rings. The van der Waals surface area contributed by atoms with Crippen molar-refractivity contribution >= 4 is 0 Å². The summed E-state index contributed by atoms with van der Waals surface area (Å²) in [6.07, 6.45) is 0.838. The van der Waals surface area contributed by atoms with Gasteiger partial charge in [0.15, 0.2) is 0 Å². The Morgan fingerprint density at radius 1 is 1.25 bits per heavy atom. The van der Waals surface area contributed by atoms with Crippen LogP contribution in [0.25, 0.3) is 0 Å². The van der Waals surface area contributed by atoms with Crippen LogP contribution in [-0.2, 0) is 0 Å². The Kier molecular flexibility index (Phi) is 5.69. The summed E-state index contributed by atoms with van der Waals surface area (Å²) in [4.78, 5) is 4.80. The number of nitrogens with one attached hydrogen (secondary N) is 1. The Morgan fingerprint density at radius 3 is 2.44 bits per heavy atom. The smallest absolute Gasteiger partial charge is 0.0603 e. The molecule has 4 nitrogen and oxygen atoms in total. The standard InChI is InChI=1S/C12H27N3O/c1-12(2,16)4-7-14(3)10-11-15-8-5-13-6-9-15/h13,16H,4-11H2,1-3H3. The van der Waals surface area contributed by atoms with Crippen molar-refractivity contribution in [2.45, 2.75) is 25.9 Å². The van der Waals surface area contributed by atoms with Crippen molar-refractivity contribution in [3.05, 3.63) is 0 Å². The largest absolute Gasteiger partial charge is 0.390 e. The minimum atomic E-state index is -0.538. The second kappa shape index (κ2) is 6.55. The van der Waals surface area contributed by atoms with Crippen LogP contribution in [0.4, 0.5) is 0 Å². The molecule has 96 valence electrons. The average Bonchev–Trinajstić information content (AvgIpc) is 2.24. The van der Waals surface area contributed by atoms with Gasteiger partial charge in [0.25, 0.3) is 0 Å². The fraction of sp³-hybridized carbons (Fsp3) is 1.00. The van der Waals surface area contributed by atoms with E-state index in [2.05, 4.69) is 22.2 Å². The summed E-state index contributed by atoms with van der Waals surface area (Å²) in [5.41, 5.74) is -0.538. The first-order valence-electron chi connectivity index (χ1n) is 6.31. The summed E-state index contributed by atoms with van der Waals surface area (Å²) < 4.78 is 0. The van der Waals surface area contributed by atoms with Gasteiger partial charge in [-0.15, -0.1) is 0 Å². The summed E-state index contributed by atoms with van der Waals surface area (Å²) in [5, 5.41) is 13.0. The van der Waals surface area contributed by atoms with E-state index in [0.29, 0.717) is 0 Å². The molecule has 1 saturated heterocycles. The SMILES string of the molecule is CN(CCN1CCNCC1)CCC(C)(C)O. The highest BCUT2D eigenvalue weighted by Gasteiger charge is 2.14. The van der Waals surface area contributed by atoms with Crippen LogP contribution in [-0.4, -0.2) is 73.4 Å². The van der Waals surface area contributed by atoms with Crippen molar-refractivity contribution in [2.24, 2.45) is 0 Å². The zero-order valence-electron chi connectivity index (χ0n) is 11.0. The number of hydrogen-bond acceptors (Lipinski definition) is 4. The van der Waals surface area contributed by atoms with Gasteiger partial charge in [-0.25, -0.2) is 0 Å². The molecule has 0 radical (unpaired) electrons. The molecule has 2 N–H and O–H groups in total. The Balaban J connectivity index is 2.07. The summed E-state index contributed by atoms with van der Waals surface area (Å²) in [6, 6.07) is 0. The lowest BCUT2D eigenvalue weighted by Crippen LogP contribution is -2.46. The lowest BCUT2D eigenvalue weighted by Gasteiger charge is -2.29. The van der Waals surface area contributed by atoms with Crippen LogP contribution in [0.5, 0.6) is 0 Å². The van der Waals surface area contributed by atoms with Gasteiger partial charge in [0.05, 0.1) is 5.60 Å². The van der Waals surface area contributed by atoms with E-state index < -0.39 is 5.60 Å². The molecular weight excluding hydrogens is 202 g/mol. The first-order valence-corrected chi connectivity index (χ1v) is 6.31. The first-order chi connectivity index (χ1) is 7.47. The maximum Gasteiger partial charge on any atom is 0.0603 e. The van der Waals surface area contributed by atoms with E-state index in [1.54, 1.807) is 0 Å². The molecule has 1 aliphatic heterocycles. The van der Waals surface area contributed by atoms with Crippen molar-refractivity contribution in [2.75, 3.05) is 52.9 Å². The lowest BCUT2D eigenvalue weighted by molar-refractivity contribution is 0.0594. The van der Waals surface area contributed by atoms with E-state index >= 15 is 0 Å². The van der Waals surface area contributed by atoms with Gasteiger partial charge in [0.2, 0.25) is 0 Å². The molecule has 0 bridgehead atoms. The number of likely N-dealkylation sites (N-methyl/N-ethyl adjacent to an activating group) is 1. The molecule has 0 atom stereocenters. The van der Waals surface area contributed by atoms with Crippen LogP contribution >= 0.6 is 0 Å². The summed E-state index contributed by atoms with van der Waals surface area (Å²) >= 11 is 0. The third-order valence-electron chi connectivity index (χ3n) is 3.11. The van der Waals surface area contributed by atoms with Gasteiger partial charge in [-0.1, -0.05) is 0 Å². The minimum Gasteiger partial charge on any atom is -0.390 e. The third-order valence-corrected chi connectivity index (χ3v) is 3.11. The molecule has 0 unspecified atom stereocenters. The highest BCUT2D eigenvalue weighted by atomic mass is 16.3. The van der Waals surface area contributed by atoms with Gasteiger partial charge in [0.1, 0.15) is 0 Å². The fourth-order valence-corrected chi connectivity index (χ4v) is 1.82. The number of aliphatic hydroxyl groups is 1. The van der Waals surface area contributed by atoms with Crippen LogP contribution in [0.15, 0.2) is 0 Å². The highest BCUT2D eigenvalue weighted by molar-refractivity contribution is 4.70. The van der Waals surface area contributed by atoms with Gasteiger partial charge >= 0.3 is 0 Å². The topological polar surface area (TPSA) is 38.7 Å². The molecule has 0 spiro atoms.